The van der Waals surface area contributed by atoms with E-state index in [4.69, 9.17) is 0 Å². The number of carbonyl (C=O) groups excluding carboxylic acids is 1. The summed E-state index contributed by atoms with van der Waals surface area (Å²) < 4.78 is 3.14. The highest BCUT2D eigenvalue weighted by Gasteiger charge is 2.27. The summed E-state index contributed by atoms with van der Waals surface area (Å²) in [5, 5.41) is 7.63. The van der Waals surface area contributed by atoms with Crippen LogP contribution in [0.25, 0.3) is 11.3 Å². The van der Waals surface area contributed by atoms with Crippen LogP contribution in [0.2, 0.25) is 0 Å². The van der Waals surface area contributed by atoms with E-state index in [0.717, 1.165) is 53.0 Å². The molecule has 1 atom stereocenters. The molecule has 29 heavy (non-hydrogen) atoms. The van der Waals surface area contributed by atoms with Crippen LogP contribution in [0.15, 0.2) is 59.2 Å². The highest BCUT2D eigenvalue weighted by atomic mass is 79.9. The van der Waals surface area contributed by atoms with Crippen LogP contribution < -0.4 is 5.32 Å². The van der Waals surface area contributed by atoms with Crippen molar-refractivity contribution in [3.05, 3.63) is 70.3 Å². The second-order valence-corrected chi connectivity index (χ2v) is 8.51. The Bertz CT molecular complexity index is 1010. The van der Waals surface area contributed by atoms with Crippen molar-refractivity contribution >= 4 is 27.5 Å². The number of halogens is 1. The Balaban J connectivity index is 1.60. The molecule has 1 unspecified atom stereocenters. The number of likely N-dealkylation sites (tertiary alicyclic amines) is 1. The lowest BCUT2D eigenvalue weighted by molar-refractivity contribution is -0.114. The van der Waals surface area contributed by atoms with Crippen molar-refractivity contribution in [1.29, 1.82) is 0 Å². The molecule has 3 aromatic rings. The van der Waals surface area contributed by atoms with Crippen molar-refractivity contribution in [3.63, 3.8) is 0 Å². The average Bonchev–Trinajstić information content (AvgIpc) is 3.34. The number of hydrogen-bond donors (Lipinski definition) is 1. The van der Waals surface area contributed by atoms with Crippen LogP contribution in [0.3, 0.4) is 0 Å². The Labute approximate surface area is 179 Å². The van der Waals surface area contributed by atoms with Gasteiger partial charge in [0.15, 0.2) is 0 Å². The first-order chi connectivity index (χ1) is 14.0. The fourth-order valence-electron chi connectivity index (χ4n) is 4.00. The van der Waals surface area contributed by atoms with Crippen LogP contribution in [-0.4, -0.2) is 33.7 Å². The number of hydrogen-bond acceptors (Lipinski definition) is 3. The van der Waals surface area contributed by atoms with Gasteiger partial charge in [0.05, 0.1) is 17.4 Å². The molecule has 1 saturated heterocycles. The lowest BCUT2D eigenvalue weighted by Gasteiger charge is -2.19. The van der Waals surface area contributed by atoms with E-state index in [1.54, 1.807) is 0 Å². The first kappa shape index (κ1) is 19.9. The molecule has 5 nitrogen and oxygen atoms in total. The molecule has 1 aliphatic heterocycles. The van der Waals surface area contributed by atoms with E-state index in [9.17, 15) is 4.79 Å². The van der Waals surface area contributed by atoms with Gasteiger partial charge < -0.3 is 5.32 Å². The average molecular weight is 453 g/mol. The largest absolute Gasteiger partial charge is 0.326 e. The van der Waals surface area contributed by atoms with E-state index in [1.807, 2.05) is 25.3 Å². The third-order valence-electron chi connectivity index (χ3n) is 5.40. The zero-order valence-electron chi connectivity index (χ0n) is 16.7. The Hall–Kier alpha value is -2.44. The maximum absolute atomic E-state index is 11.7. The topological polar surface area (TPSA) is 50.2 Å². The number of amides is 1. The molecule has 2 heterocycles. The lowest BCUT2D eigenvalue weighted by atomic mass is 10.1. The highest BCUT2D eigenvalue weighted by Crippen LogP contribution is 2.36. The fourth-order valence-corrected chi connectivity index (χ4v) is 4.35. The number of carbonyl (C=O) groups is 1. The van der Waals surface area contributed by atoms with Gasteiger partial charge in [0.25, 0.3) is 0 Å². The van der Waals surface area contributed by atoms with Gasteiger partial charge in [-0.15, -0.1) is 0 Å². The summed E-state index contributed by atoms with van der Waals surface area (Å²) in [6.07, 6.45) is 2.91. The molecule has 1 N–H and O–H groups in total. The molecule has 6 heteroatoms. The number of aryl methyl sites for hydroxylation is 1. The van der Waals surface area contributed by atoms with Crippen LogP contribution in [0.5, 0.6) is 0 Å². The molecule has 0 bridgehead atoms. The summed E-state index contributed by atoms with van der Waals surface area (Å²) in [5.41, 5.74) is 5.25. The first-order valence-electron chi connectivity index (χ1n) is 9.89. The second-order valence-electron chi connectivity index (χ2n) is 7.65. The van der Waals surface area contributed by atoms with Crippen molar-refractivity contribution in [2.45, 2.75) is 32.9 Å². The first-order valence-corrected chi connectivity index (χ1v) is 10.7. The predicted octanol–water partition coefficient (Wildman–Crippen LogP) is 5.03. The standard InChI is InChI=1S/C23H25BrN4O/c1-16-12-22(26-17(2)29)20(13-21(16)24)23-8-10-25-28(23)19-9-11-27(15-19)14-18-6-4-3-5-7-18/h3-8,10,12-13,19H,9,11,14-15H2,1-2H3,(H,26,29). The van der Waals surface area contributed by atoms with Gasteiger partial charge in [0.1, 0.15) is 0 Å². The van der Waals surface area contributed by atoms with Crippen LogP contribution in [-0.2, 0) is 11.3 Å². The van der Waals surface area contributed by atoms with E-state index < -0.39 is 0 Å². The predicted molar refractivity (Wildman–Crippen MR) is 120 cm³/mol. The summed E-state index contributed by atoms with van der Waals surface area (Å²) in [7, 11) is 0. The SMILES string of the molecule is CC(=O)Nc1cc(C)c(Br)cc1-c1ccnn1C1CCN(Cc2ccccc2)C1. The van der Waals surface area contributed by atoms with Gasteiger partial charge in [-0.3, -0.25) is 14.4 Å². The van der Waals surface area contributed by atoms with Crippen LogP contribution in [0.4, 0.5) is 5.69 Å². The van der Waals surface area contributed by atoms with Crippen molar-refractivity contribution in [3.8, 4) is 11.3 Å². The maximum atomic E-state index is 11.7. The zero-order chi connectivity index (χ0) is 20.4. The Morgan fingerprint density at radius 3 is 2.79 bits per heavy atom. The van der Waals surface area contributed by atoms with Crippen LogP contribution in [0, 0.1) is 6.92 Å². The van der Waals surface area contributed by atoms with Crippen molar-refractivity contribution < 1.29 is 4.79 Å². The molecule has 1 aromatic heterocycles. The molecular formula is C23H25BrN4O. The Morgan fingerprint density at radius 2 is 2.03 bits per heavy atom. The van der Waals surface area contributed by atoms with E-state index in [1.165, 1.54) is 12.5 Å². The van der Waals surface area contributed by atoms with Gasteiger partial charge in [-0.05, 0) is 42.7 Å². The van der Waals surface area contributed by atoms with Crippen LogP contribution in [0.1, 0.15) is 30.5 Å². The van der Waals surface area contributed by atoms with E-state index >= 15 is 0 Å². The number of benzene rings is 2. The summed E-state index contributed by atoms with van der Waals surface area (Å²) >= 11 is 3.64. The molecule has 0 radical (unpaired) electrons. The number of nitrogens with one attached hydrogen (secondary N) is 1. The fraction of sp³-hybridized carbons (Fsp3) is 0.304. The lowest BCUT2D eigenvalue weighted by Crippen LogP contribution is -2.22. The molecule has 0 saturated carbocycles. The van der Waals surface area contributed by atoms with Gasteiger partial charge in [0, 0.05) is 42.8 Å². The maximum Gasteiger partial charge on any atom is 0.221 e. The Kier molecular flexibility index (Phi) is 5.83. The Morgan fingerprint density at radius 1 is 1.24 bits per heavy atom. The molecule has 1 fully saturated rings. The van der Waals surface area contributed by atoms with Gasteiger partial charge in [0.2, 0.25) is 5.91 Å². The minimum absolute atomic E-state index is 0.0751. The van der Waals surface area contributed by atoms with Crippen molar-refractivity contribution in [2.75, 3.05) is 18.4 Å². The molecule has 2 aromatic carbocycles. The van der Waals surface area contributed by atoms with E-state index in [2.05, 4.69) is 72.3 Å². The molecular weight excluding hydrogens is 428 g/mol. The number of rotatable bonds is 5. The second kappa shape index (κ2) is 8.51. The van der Waals surface area contributed by atoms with Crippen molar-refractivity contribution in [1.82, 2.24) is 14.7 Å². The molecule has 0 spiro atoms. The van der Waals surface area contributed by atoms with E-state index in [-0.39, 0.29) is 5.91 Å². The summed E-state index contributed by atoms with van der Waals surface area (Å²) in [6.45, 7) is 6.54. The minimum atomic E-state index is -0.0751. The van der Waals surface area contributed by atoms with Crippen molar-refractivity contribution in [2.24, 2.45) is 0 Å². The third kappa shape index (κ3) is 4.43. The molecule has 150 valence electrons. The summed E-state index contributed by atoms with van der Waals surface area (Å²) in [6, 6.07) is 17.0. The molecule has 4 rings (SSSR count). The van der Waals surface area contributed by atoms with Gasteiger partial charge >= 0.3 is 0 Å². The number of anilines is 1. The highest BCUT2D eigenvalue weighted by molar-refractivity contribution is 9.10. The smallest absolute Gasteiger partial charge is 0.221 e. The molecule has 1 amide bonds. The number of aromatic nitrogens is 2. The van der Waals surface area contributed by atoms with Gasteiger partial charge in [-0.1, -0.05) is 46.3 Å². The van der Waals surface area contributed by atoms with Crippen LogP contribution >= 0.6 is 15.9 Å². The summed E-state index contributed by atoms with van der Waals surface area (Å²) in [5.74, 6) is -0.0751. The minimum Gasteiger partial charge on any atom is -0.326 e. The van der Waals surface area contributed by atoms with Gasteiger partial charge in [-0.2, -0.15) is 5.10 Å². The third-order valence-corrected chi connectivity index (χ3v) is 6.25. The zero-order valence-corrected chi connectivity index (χ0v) is 18.3. The van der Waals surface area contributed by atoms with Gasteiger partial charge in [-0.25, -0.2) is 0 Å². The monoisotopic (exact) mass is 452 g/mol. The molecule has 0 aliphatic carbocycles. The quantitative estimate of drug-likeness (QED) is 0.590. The van der Waals surface area contributed by atoms with E-state index in [0.29, 0.717) is 6.04 Å². The normalized spacial score (nSPS) is 16.9. The number of nitrogens with zero attached hydrogens (tertiary/aromatic N) is 3. The molecule has 1 aliphatic rings. The summed E-state index contributed by atoms with van der Waals surface area (Å²) in [4.78, 5) is 14.2.